The number of nitrogens with one attached hydrogen (secondary N) is 2. The normalized spacial score (nSPS) is 9.67. The van der Waals surface area contributed by atoms with E-state index in [1.165, 1.54) is 0 Å². The number of ketones is 1. The molecule has 0 heterocycles. The Labute approximate surface area is 113 Å². The van der Waals surface area contributed by atoms with E-state index in [9.17, 15) is 4.79 Å². The van der Waals surface area contributed by atoms with Crippen LogP contribution in [0.1, 0.15) is 19.8 Å². The molecule has 98 valence electrons. The van der Waals surface area contributed by atoms with Gasteiger partial charge in [0.2, 0.25) is 0 Å². The fourth-order valence-corrected chi connectivity index (χ4v) is 1.61. The van der Waals surface area contributed by atoms with Gasteiger partial charge in [-0.05, 0) is 49.8 Å². The third-order valence-electron chi connectivity index (χ3n) is 2.34. The molecule has 0 saturated heterocycles. The molecule has 1 rings (SSSR count). The van der Waals surface area contributed by atoms with E-state index in [0.717, 1.165) is 17.9 Å². The average Bonchev–Trinajstić information content (AvgIpc) is 2.35. The minimum atomic E-state index is 0.200. The molecule has 0 unspecified atom stereocenters. The zero-order valence-corrected chi connectivity index (χ0v) is 11.5. The van der Waals surface area contributed by atoms with Crippen LogP contribution in [-0.4, -0.2) is 24.6 Å². The van der Waals surface area contributed by atoms with Gasteiger partial charge in [-0.15, -0.1) is 0 Å². The fourth-order valence-electron chi connectivity index (χ4n) is 1.39. The smallest absolute Gasteiger partial charge is 0.170 e. The molecule has 0 spiro atoms. The Balaban J connectivity index is 2.28. The third kappa shape index (κ3) is 5.63. The highest BCUT2D eigenvalue weighted by molar-refractivity contribution is 7.80. The van der Waals surface area contributed by atoms with Crippen molar-refractivity contribution < 1.29 is 9.53 Å². The molecule has 0 aromatic heterocycles. The van der Waals surface area contributed by atoms with E-state index >= 15 is 0 Å². The van der Waals surface area contributed by atoms with Gasteiger partial charge in [-0.2, -0.15) is 0 Å². The zero-order valence-electron chi connectivity index (χ0n) is 10.7. The number of anilines is 1. The molecular formula is C13H18N2O2S. The van der Waals surface area contributed by atoms with E-state index in [2.05, 4.69) is 10.6 Å². The molecule has 4 nitrogen and oxygen atoms in total. The number of benzene rings is 1. The van der Waals surface area contributed by atoms with E-state index in [-0.39, 0.29) is 5.78 Å². The van der Waals surface area contributed by atoms with Crippen LogP contribution in [-0.2, 0) is 4.79 Å². The van der Waals surface area contributed by atoms with Crippen LogP contribution in [0.3, 0.4) is 0 Å². The van der Waals surface area contributed by atoms with Gasteiger partial charge in [-0.25, -0.2) is 0 Å². The Morgan fingerprint density at radius 3 is 2.56 bits per heavy atom. The lowest BCUT2D eigenvalue weighted by Crippen LogP contribution is -2.29. The number of hydrogen-bond donors (Lipinski definition) is 2. The Hall–Kier alpha value is -1.62. The molecule has 18 heavy (non-hydrogen) atoms. The quantitative estimate of drug-likeness (QED) is 0.611. The molecular weight excluding hydrogens is 248 g/mol. The maximum atomic E-state index is 10.8. The number of Topliss-reactive ketones (excluding diaryl/α,β-unsaturated/α-hetero) is 1. The van der Waals surface area contributed by atoms with Crippen molar-refractivity contribution in [3.8, 4) is 5.75 Å². The SMILES string of the molecule is COc1ccc(NC(=S)NCCCC(C)=O)cc1. The van der Waals surface area contributed by atoms with Crippen molar-refractivity contribution in [2.24, 2.45) is 0 Å². The molecule has 1 aromatic carbocycles. The Bertz CT molecular complexity index is 404. The maximum Gasteiger partial charge on any atom is 0.170 e. The highest BCUT2D eigenvalue weighted by Crippen LogP contribution is 2.14. The summed E-state index contributed by atoms with van der Waals surface area (Å²) < 4.78 is 5.07. The maximum absolute atomic E-state index is 10.8. The number of ether oxygens (including phenoxy) is 1. The molecule has 0 saturated carbocycles. The molecule has 0 bridgehead atoms. The van der Waals surface area contributed by atoms with Crippen molar-refractivity contribution in [3.05, 3.63) is 24.3 Å². The van der Waals surface area contributed by atoms with Crippen LogP contribution < -0.4 is 15.4 Å². The summed E-state index contributed by atoms with van der Waals surface area (Å²) in [5.41, 5.74) is 0.903. The number of hydrogen-bond acceptors (Lipinski definition) is 3. The van der Waals surface area contributed by atoms with E-state index in [1.807, 2.05) is 24.3 Å². The fraction of sp³-hybridized carbons (Fsp3) is 0.385. The van der Waals surface area contributed by atoms with Gasteiger partial charge in [-0.3, -0.25) is 0 Å². The third-order valence-corrected chi connectivity index (χ3v) is 2.59. The topological polar surface area (TPSA) is 50.4 Å². The van der Waals surface area contributed by atoms with Crippen LogP contribution in [0, 0.1) is 0 Å². The van der Waals surface area contributed by atoms with E-state index in [1.54, 1.807) is 14.0 Å². The zero-order chi connectivity index (χ0) is 13.4. The van der Waals surface area contributed by atoms with Crippen molar-refractivity contribution in [1.82, 2.24) is 5.32 Å². The lowest BCUT2D eigenvalue weighted by Gasteiger charge is -2.10. The number of rotatable bonds is 6. The van der Waals surface area contributed by atoms with Gasteiger partial charge in [0.1, 0.15) is 11.5 Å². The summed E-state index contributed by atoms with van der Waals surface area (Å²) in [6.07, 6.45) is 1.37. The highest BCUT2D eigenvalue weighted by atomic mass is 32.1. The second-order valence-corrected chi connectivity index (χ2v) is 4.32. The Kier molecular flexibility index (Phi) is 6.14. The molecule has 5 heteroatoms. The largest absolute Gasteiger partial charge is 0.497 e. The van der Waals surface area contributed by atoms with Crippen molar-refractivity contribution in [2.45, 2.75) is 19.8 Å². The first-order chi connectivity index (χ1) is 8.61. The van der Waals surface area contributed by atoms with Crippen LogP contribution in [0.5, 0.6) is 5.75 Å². The van der Waals surface area contributed by atoms with Crippen molar-refractivity contribution in [2.75, 3.05) is 19.0 Å². The van der Waals surface area contributed by atoms with Crippen LogP contribution in [0.4, 0.5) is 5.69 Å². The molecule has 0 amide bonds. The number of carbonyl (C=O) groups is 1. The van der Waals surface area contributed by atoms with Gasteiger partial charge in [0.25, 0.3) is 0 Å². The molecule has 0 aliphatic heterocycles. The predicted octanol–water partition coefficient (Wildman–Crippen LogP) is 2.35. The summed E-state index contributed by atoms with van der Waals surface area (Å²) >= 11 is 5.14. The Morgan fingerprint density at radius 1 is 1.33 bits per heavy atom. The van der Waals surface area contributed by atoms with Crippen molar-refractivity contribution >= 4 is 28.8 Å². The summed E-state index contributed by atoms with van der Waals surface area (Å²) in [6, 6.07) is 7.51. The number of carbonyl (C=O) groups excluding carboxylic acids is 1. The number of thiocarbonyl (C=S) groups is 1. The van der Waals surface area contributed by atoms with Crippen molar-refractivity contribution in [3.63, 3.8) is 0 Å². The van der Waals surface area contributed by atoms with Crippen LogP contribution in [0.2, 0.25) is 0 Å². The first-order valence-electron chi connectivity index (χ1n) is 5.80. The molecule has 0 fully saturated rings. The van der Waals surface area contributed by atoms with Gasteiger partial charge in [0.15, 0.2) is 5.11 Å². The highest BCUT2D eigenvalue weighted by Gasteiger charge is 1.98. The molecule has 0 aliphatic rings. The average molecular weight is 266 g/mol. The van der Waals surface area contributed by atoms with Crippen LogP contribution in [0.15, 0.2) is 24.3 Å². The summed E-state index contributed by atoms with van der Waals surface area (Å²) in [5, 5.41) is 6.67. The van der Waals surface area contributed by atoms with Gasteiger partial charge in [0, 0.05) is 18.7 Å². The molecule has 2 N–H and O–H groups in total. The number of methoxy groups -OCH3 is 1. The van der Waals surface area contributed by atoms with Gasteiger partial charge >= 0.3 is 0 Å². The van der Waals surface area contributed by atoms with Crippen LogP contribution >= 0.6 is 12.2 Å². The molecule has 0 radical (unpaired) electrons. The van der Waals surface area contributed by atoms with E-state index < -0.39 is 0 Å². The predicted molar refractivity (Wildman–Crippen MR) is 77.1 cm³/mol. The minimum Gasteiger partial charge on any atom is -0.497 e. The first-order valence-corrected chi connectivity index (χ1v) is 6.21. The van der Waals surface area contributed by atoms with Crippen LogP contribution in [0.25, 0.3) is 0 Å². The second kappa shape index (κ2) is 7.66. The van der Waals surface area contributed by atoms with Gasteiger partial charge in [0.05, 0.1) is 7.11 Å². The standard InChI is InChI=1S/C13H18N2O2S/c1-10(16)4-3-9-14-13(18)15-11-5-7-12(17-2)8-6-11/h5-8H,3-4,9H2,1-2H3,(H2,14,15,18). The summed E-state index contributed by atoms with van der Waals surface area (Å²) in [6.45, 7) is 2.29. The van der Waals surface area contributed by atoms with Gasteiger partial charge < -0.3 is 20.2 Å². The molecule has 0 atom stereocenters. The lowest BCUT2D eigenvalue weighted by atomic mass is 10.2. The summed E-state index contributed by atoms with van der Waals surface area (Å²) in [5.74, 6) is 1.01. The second-order valence-electron chi connectivity index (χ2n) is 3.91. The molecule has 0 aliphatic carbocycles. The van der Waals surface area contributed by atoms with E-state index in [4.69, 9.17) is 17.0 Å². The monoisotopic (exact) mass is 266 g/mol. The lowest BCUT2D eigenvalue weighted by molar-refractivity contribution is -0.117. The molecule has 1 aromatic rings. The first kappa shape index (κ1) is 14.4. The minimum absolute atomic E-state index is 0.200. The summed E-state index contributed by atoms with van der Waals surface area (Å²) in [4.78, 5) is 10.8. The van der Waals surface area contributed by atoms with Gasteiger partial charge in [-0.1, -0.05) is 0 Å². The summed E-state index contributed by atoms with van der Waals surface area (Å²) in [7, 11) is 1.63. The van der Waals surface area contributed by atoms with E-state index in [0.29, 0.717) is 18.1 Å². The van der Waals surface area contributed by atoms with Crippen molar-refractivity contribution in [1.29, 1.82) is 0 Å². The Morgan fingerprint density at radius 2 is 2.00 bits per heavy atom.